The zero-order chi connectivity index (χ0) is 9.94. The second-order valence-electron chi connectivity index (χ2n) is 3.24. The molecule has 0 aromatic heterocycles. The van der Waals surface area contributed by atoms with E-state index in [0.29, 0.717) is 4.99 Å². The zero-order valence-corrected chi connectivity index (χ0v) is 9.37. The van der Waals surface area contributed by atoms with Crippen molar-refractivity contribution in [2.45, 2.75) is 45.4 Å². The standard InChI is InChI=1S/C10H21NOS/c1-2-3-5-8-12-9-6-4-7-10(11)13/h2-9H2,1H3,(H2,11,13). The molecule has 0 atom stereocenters. The predicted octanol–water partition coefficient (Wildman–Crippen LogP) is 2.65. The van der Waals surface area contributed by atoms with E-state index < -0.39 is 0 Å². The summed E-state index contributed by atoms with van der Waals surface area (Å²) in [6, 6.07) is 0. The Hall–Kier alpha value is -0.150. The van der Waals surface area contributed by atoms with Crippen LogP contribution in [0.1, 0.15) is 45.4 Å². The number of thiocarbonyl (C=S) groups is 1. The predicted molar refractivity (Wildman–Crippen MR) is 61.0 cm³/mol. The lowest BCUT2D eigenvalue weighted by molar-refractivity contribution is 0.127. The van der Waals surface area contributed by atoms with Crippen LogP contribution < -0.4 is 5.73 Å². The molecule has 78 valence electrons. The molecule has 3 heteroatoms. The summed E-state index contributed by atoms with van der Waals surface area (Å²) in [5.41, 5.74) is 5.36. The molecule has 0 aromatic rings. The van der Waals surface area contributed by atoms with Gasteiger partial charge in [-0.25, -0.2) is 0 Å². The minimum Gasteiger partial charge on any atom is -0.393 e. The maximum Gasteiger partial charge on any atom is 0.0727 e. The quantitative estimate of drug-likeness (QED) is 0.462. The van der Waals surface area contributed by atoms with Gasteiger partial charge < -0.3 is 10.5 Å². The highest BCUT2D eigenvalue weighted by atomic mass is 32.1. The molecule has 0 amide bonds. The first-order valence-electron chi connectivity index (χ1n) is 5.13. The van der Waals surface area contributed by atoms with Gasteiger partial charge in [-0.05, 0) is 25.7 Å². The first kappa shape index (κ1) is 12.8. The molecule has 0 aliphatic carbocycles. The van der Waals surface area contributed by atoms with Crippen LogP contribution in [0.2, 0.25) is 0 Å². The molecule has 0 unspecified atom stereocenters. The van der Waals surface area contributed by atoms with Crippen LogP contribution in [0.15, 0.2) is 0 Å². The molecular weight excluding hydrogens is 182 g/mol. The minimum absolute atomic E-state index is 0.617. The van der Waals surface area contributed by atoms with Gasteiger partial charge in [0, 0.05) is 13.2 Å². The Morgan fingerprint density at radius 1 is 1.15 bits per heavy atom. The van der Waals surface area contributed by atoms with Crippen LogP contribution in [0.25, 0.3) is 0 Å². The van der Waals surface area contributed by atoms with Crippen molar-refractivity contribution in [1.29, 1.82) is 0 Å². The lowest BCUT2D eigenvalue weighted by atomic mass is 10.2. The Labute approximate surface area is 86.8 Å². The molecule has 0 radical (unpaired) electrons. The third kappa shape index (κ3) is 11.9. The van der Waals surface area contributed by atoms with Gasteiger partial charge in [0.15, 0.2) is 0 Å². The van der Waals surface area contributed by atoms with Crippen LogP contribution in [-0.2, 0) is 4.74 Å². The molecule has 0 spiro atoms. The highest BCUT2D eigenvalue weighted by molar-refractivity contribution is 7.80. The number of hydrogen-bond acceptors (Lipinski definition) is 2. The third-order valence-corrected chi connectivity index (χ3v) is 2.06. The van der Waals surface area contributed by atoms with Crippen molar-refractivity contribution in [2.24, 2.45) is 5.73 Å². The van der Waals surface area contributed by atoms with Gasteiger partial charge in [-0.1, -0.05) is 32.0 Å². The third-order valence-electron chi connectivity index (χ3n) is 1.85. The summed E-state index contributed by atoms with van der Waals surface area (Å²) in [4.78, 5) is 0.617. The van der Waals surface area contributed by atoms with E-state index in [2.05, 4.69) is 6.92 Å². The Balaban J connectivity index is 2.87. The van der Waals surface area contributed by atoms with Gasteiger partial charge in [-0.2, -0.15) is 0 Å². The monoisotopic (exact) mass is 203 g/mol. The van der Waals surface area contributed by atoms with Gasteiger partial charge in [0.25, 0.3) is 0 Å². The largest absolute Gasteiger partial charge is 0.393 e. The van der Waals surface area contributed by atoms with E-state index in [4.69, 9.17) is 22.7 Å². The van der Waals surface area contributed by atoms with Crippen molar-refractivity contribution in [3.05, 3.63) is 0 Å². The van der Waals surface area contributed by atoms with Crippen molar-refractivity contribution < 1.29 is 4.74 Å². The number of unbranched alkanes of at least 4 members (excludes halogenated alkanes) is 3. The topological polar surface area (TPSA) is 35.2 Å². The molecule has 0 aliphatic rings. The van der Waals surface area contributed by atoms with E-state index in [9.17, 15) is 0 Å². The summed E-state index contributed by atoms with van der Waals surface area (Å²) in [5.74, 6) is 0. The van der Waals surface area contributed by atoms with Crippen molar-refractivity contribution in [1.82, 2.24) is 0 Å². The molecular formula is C10H21NOS. The highest BCUT2D eigenvalue weighted by Crippen LogP contribution is 1.98. The maximum atomic E-state index is 5.43. The first-order valence-corrected chi connectivity index (χ1v) is 5.54. The van der Waals surface area contributed by atoms with Crippen LogP contribution in [0.5, 0.6) is 0 Å². The van der Waals surface area contributed by atoms with Gasteiger partial charge in [-0.15, -0.1) is 0 Å². The van der Waals surface area contributed by atoms with E-state index in [-0.39, 0.29) is 0 Å². The highest BCUT2D eigenvalue weighted by Gasteiger charge is 1.92. The molecule has 0 aliphatic heterocycles. The van der Waals surface area contributed by atoms with Crippen molar-refractivity contribution >= 4 is 17.2 Å². The first-order chi connectivity index (χ1) is 6.27. The fourth-order valence-corrected chi connectivity index (χ4v) is 1.20. The van der Waals surface area contributed by atoms with E-state index >= 15 is 0 Å². The second kappa shape index (κ2) is 9.93. The van der Waals surface area contributed by atoms with Gasteiger partial charge in [0.2, 0.25) is 0 Å². The Kier molecular flexibility index (Phi) is 9.82. The maximum absolute atomic E-state index is 5.43. The van der Waals surface area contributed by atoms with Crippen molar-refractivity contribution in [2.75, 3.05) is 13.2 Å². The fourth-order valence-electron chi connectivity index (χ4n) is 1.06. The Bertz CT molecular complexity index is 128. The Morgan fingerprint density at radius 2 is 1.77 bits per heavy atom. The molecule has 2 N–H and O–H groups in total. The summed E-state index contributed by atoms with van der Waals surface area (Å²) < 4.78 is 5.43. The van der Waals surface area contributed by atoms with E-state index in [1.54, 1.807) is 0 Å². The SMILES string of the molecule is CCCCCOCCCCC(N)=S. The van der Waals surface area contributed by atoms with Crippen LogP contribution in [-0.4, -0.2) is 18.2 Å². The summed E-state index contributed by atoms with van der Waals surface area (Å²) in [6.07, 6.45) is 6.70. The molecule has 0 heterocycles. The van der Waals surface area contributed by atoms with Crippen molar-refractivity contribution in [3.63, 3.8) is 0 Å². The summed E-state index contributed by atoms with van der Waals surface area (Å²) in [6.45, 7) is 3.95. The van der Waals surface area contributed by atoms with Crippen molar-refractivity contribution in [3.8, 4) is 0 Å². The number of nitrogens with two attached hydrogens (primary N) is 1. The summed E-state index contributed by atoms with van der Waals surface area (Å²) >= 11 is 4.77. The Morgan fingerprint density at radius 3 is 2.31 bits per heavy atom. The number of ether oxygens (including phenoxy) is 1. The van der Waals surface area contributed by atoms with Gasteiger partial charge in [-0.3, -0.25) is 0 Å². The van der Waals surface area contributed by atoms with E-state index in [1.807, 2.05) is 0 Å². The van der Waals surface area contributed by atoms with Gasteiger partial charge in [0.05, 0.1) is 4.99 Å². The van der Waals surface area contributed by atoms with E-state index in [0.717, 1.165) is 32.5 Å². The smallest absolute Gasteiger partial charge is 0.0727 e. The average molecular weight is 203 g/mol. The van der Waals surface area contributed by atoms with Gasteiger partial charge >= 0.3 is 0 Å². The molecule has 13 heavy (non-hydrogen) atoms. The molecule has 0 bridgehead atoms. The minimum atomic E-state index is 0.617. The fraction of sp³-hybridized carbons (Fsp3) is 0.900. The molecule has 0 fully saturated rings. The van der Waals surface area contributed by atoms with Crippen LogP contribution in [0, 0.1) is 0 Å². The number of rotatable bonds is 9. The van der Waals surface area contributed by atoms with E-state index in [1.165, 1.54) is 19.3 Å². The summed E-state index contributed by atoms with van der Waals surface area (Å²) in [5, 5.41) is 0. The van der Waals surface area contributed by atoms with Gasteiger partial charge in [0.1, 0.15) is 0 Å². The molecule has 0 saturated heterocycles. The molecule has 0 aromatic carbocycles. The normalized spacial score (nSPS) is 10.2. The summed E-state index contributed by atoms with van der Waals surface area (Å²) in [7, 11) is 0. The number of hydrogen-bond donors (Lipinski definition) is 1. The lowest BCUT2D eigenvalue weighted by Crippen LogP contribution is -2.07. The molecule has 0 rings (SSSR count). The average Bonchev–Trinajstić information content (AvgIpc) is 2.09. The van der Waals surface area contributed by atoms with Crippen LogP contribution in [0.3, 0.4) is 0 Å². The van der Waals surface area contributed by atoms with Crippen LogP contribution >= 0.6 is 12.2 Å². The lowest BCUT2D eigenvalue weighted by Gasteiger charge is -2.02. The van der Waals surface area contributed by atoms with Crippen LogP contribution in [0.4, 0.5) is 0 Å². The zero-order valence-electron chi connectivity index (χ0n) is 8.55. The molecule has 0 saturated carbocycles. The molecule has 2 nitrogen and oxygen atoms in total. The second-order valence-corrected chi connectivity index (χ2v) is 3.77.